The van der Waals surface area contributed by atoms with E-state index in [2.05, 4.69) is 25.7 Å². The van der Waals surface area contributed by atoms with Gasteiger partial charge in [0.1, 0.15) is 0 Å². The third-order valence-electron chi connectivity index (χ3n) is 1.63. The molecule has 0 bridgehead atoms. The number of pyridine rings is 1. The van der Waals surface area contributed by atoms with Crippen LogP contribution in [-0.4, -0.2) is 18.1 Å². The lowest BCUT2D eigenvalue weighted by Crippen LogP contribution is -2.05. The molecule has 3 nitrogen and oxygen atoms in total. The van der Waals surface area contributed by atoms with Crippen LogP contribution in [0.2, 0.25) is 0 Å². The largest absolute Gasteiger partial charge is 0.469 e. The third-order valence-corrected chi connectivity index (χ3v) is 2.37. The van der Waals surface area contributed by atoms with Crippen molar-refractivity contribution in [1.82, 2.24) is 4.98 Å². The summed E-state index contributed by atoms with van der Waals surface area (Å²) in [5.74, 6) is -0.258. The fraction of sp³-hybridized carbons (Fsp3) is 0.333. The highest BCUT2D eigenvalue weighted by molar-refractivity contribution is 9.10. The Labute approximate surface area is 85.3 Å². The van der Waals surface area contributed by atoms with Gasteiger partial charge in [0.25, 0.3) is 0 Å². The Balaban J connectivity index is 2.83. The number of esters is 1. The molecule has 70 valence electrons. The van der Waals surface area contributed by atoms with Crippen molar-refractivity contribution in [2.45, 2.75) is 13.3 Å². The van der Waals surface area contributed by atoms with Crippen LogP contribution in [-0.2, 0) is 16.0 Å². The van der Waals surface area contributed by atoms with Gasteiger partial charge in [-0.3, -0.25) is 9.78 Å². The van der Waals surface area contributed by atoms with Crippen molar-refractivity contribution < 1.29 is 9.53 Å². The molecule has 1 aromatic rings. The molecule has 1 aromatic heterocycles. The minimum Gasteiger partial charge on any atom is -0.469 e. The van der Waals surface area contributed by atoms with Crippen LogP contribution < -0.4 is 0 Å². The summed E-state index contributed by atoms with van der Waals surface area (Å²) in [6.45, 7) is 1.90. The van der Waals surface area contributed by atoms with Gasteiger partial charge in [0.05, 0.1) is 13.5 Å². The molecule has 0 saturated heterocycles. The lowest BCUT2D eigenvalue weighted by atomic mass is 10.2. The lowest BCUT2D eigenvalue weighted by molar-refractivity contribution is -0.139. The molecule has 0 amide bonds. The van der Waals surface area contributed by atoms with Crippen LogP contribution in [0.3, 0.4) is 0 Å². The Morgan fingerprint density at radius 3 is 2.92 bits per heavy atom. The number of rotatable bonds is 2. The number of aromatic nitrogens is 1. The van der Waals surface area contributed by atoms with E-state index in [9.17, 15) is 4.79 Å². The van der Waals surface area contributed by atoms with E-state index in [0.29, 0.717) is 0 Å². The van der Waals surface area contributed by atoms with Crippen molar-refractivity contribution in [3.63, 3.8) is 0 Å². The zero-order chi connectivity index (χ0) is 9.84. The van der Waals surface area contributed by atoms with Crippen molar-refractivity contribution in [2.24, 2.45) is 0 Å². The number of hydrogen-bond donors (Lipinski definition) is 0. The summed E-state index contributed by atoms with van der Waals surface area (Å²) in [5, 5.41) is 0. The van der Waals surface area contributed by atoms with Crippen molar-refractivity contribution >= 4 is 21.9 Å². The summed E-state index contributed by atoms with van der Waals surface area (Å²) in [7, 11) is 1.37. The molecule has 0 radical (unpaired) electrons. The Morgan fingerprint density at radius 1 is 1.69 bits per heavy atom. The SMILES string of the molecule is COC(=O)Cc1cnc(C)cc1Br. The Morgan fingerprint density at radius 2 is 2.38 bits per heavy atom. The average molecular weight is 244 g/mol. The number of halogens is 1. The van der Waals surface area contributed by atoms with Crippen LogP contribution in [0, 0.1) is 6.92 Å². The zero-order valence-electron chi connectivity index (χ0n) is 7.50. The van der Waals surface area contributed by atoms with Gasteiger partial charge in [-0.25, -0.2) is 0 Å². The van der Waals surface area contributed by atoms with E-state index in [1.54, 1.807) is 6.20 Å². The van der Waals surface area contributed by atoms with Gasteiger partial charge in [0.15, 0.2) is 0 Å². The highest BCUT2D eigenvalue weighted by Crippen LogP contribution is 2.17. The third kappa shape index (κ3) is 2.81. The average Bonchev–Trinajstić information content (AvgIpc) is 2.09. The lowest BCUT2D eigenvalue weighted by Gasteiger charge is -2.02. The molecule has 0 aliphatic heterocycles. The van der Waals surface area contributed by atoms with E-state index in [1.165, 1.54) is 7.11 Å². The first-order chi connectivity index (χ1) is 6.13. The van der Waals surface area contributed by atoms with Crippen LogP contribution in [0.15, 0.2) is 16.7 Å². The van der Waals surface area contributed by atoms with Gasteiger partial charge in [0.2, 0.25) is 0 Å². The smallest absolute Gasteiger partial charge is 0.310 e. The first-order valence-electron chi connectivity index (χ1n) is 3.81. The van der Waals surface area contributed by atoms with Crippen LogP contribution in [0.4, 0.5) is 0 Å². The first-order valence-corrected chi connectivity index (χ1v) is 4.60. The van der Waals surface area contributed by atoms with E-state index in [4.69, 9.17) is 0 Å². The second-order valence-corrected chi connectivity index (χ2v) is 3.52. The van der Waals surface area contributed by atoms with Crippen molar-refractivity contribution in [3.8, 4) is 0 Å². The van der Waals surface area contributed by atoms with Gasteiger partial charge in [0, 0.05) is 16.4 Å². The van der Waals surface area contributed by atoms with Crippen molar-refractivity contribution in [3.05, 3.63) is 28.0 Å². The van der Waals surface area contributed by atoms with Crippen LogP contribution in [0.1, 0.15) is 11.3 Å². The Kier molecular flexibility index (Phi) is 3.42. The summed E-state index contributed by atoms with van der Waals surface area (Å²) < 4.78 is 5.45. The molecular formula is C9H10BrNO2. The number of carbonyl (C=O) groups excluding carboxylic acids is 1. The number of carbonyl (C=O) groups is 1. The van der Waals surface area contributed by atoms with Gasteiger partial charge >= 0.3 is 5.97 Å². The Hall–Kier alpha value is -0.900. The minimum absolute atomic E-state index is 0.254. The minimum atomic E-state index is -0.258. The van der Waals surface area contributed by atoms with Crippen molar-refractivity contribution in [1.29, 1.82) is 0 Å². The number of methoxy groups -OCH3 is 1. The van der Waals surface area contributed by atoms with Crippen molar-refractivity contribution in [2.75, 3.05) is 7.11 Å². The monoisotopic (exact) mass is 243 g/mol. The predicted molar refractivity (Wildman–Crippen MR) is 52.4 cm³/mol. The summed E-state index contributed by atoms with van der Waals surface area (Å²) in [4.78, 5) is 15.0. The second kappa shape index (κ2) is 4.37. The molecule has 0 N–H and O–H groups in total. The molecule has 0 fully saturated rings. The number of ether oxygens (including phenoxy) is 1. The molecule has 0 unspecified atom stereocenters. The number of nitrogens with zero attached hydrogens (tertiary/aromatic N) is 1. The zero-order valence-corrected chi connectivity index (χ0v) is 9.09. The topological polar surface area (TPSA) is 39.2 Å². The highest BCUT2D eigenvalue weighted by Gasteiger charge is 2.06. The maximum atomic E-state index is 10.9. The van der Waals surface area contributed by atoms with Gasteiger partial charge in [-0.15, -0.1) is 0 Å². The molecular weight excluding hydrogens is 234 g/mol. The summed E-state index contributed by atoms with van der Waals surface area (Å²) in [5.41, 5.74) is 1.76. The summed E-state index contributed by atoms with van der Waals surface area (Å²) in [6, 6.07) is 1.87. The van der Waals surface area contributed by atoms with Gasteiger partial charge in [-0.1, -0.05) is 15.9 Å². The van der Waals surface area contributed by atoms with Gasteiger partial charge < -0.3 is 4.74 Å². The quantitative estimate of drug-likeness (QED) is 0.745. The molecule has 0 aliphatic carbocycles. The molecule has 4 heteroatoms. The maximum absolute atomic E-state index is 10.9. The van der Waals surface area contributed by atoms with Crippen LogP contribution in [0.5, 0.6) is 0 Å². The predicted octanol–water partition coefficient (Wildman–Crippen LogP) is 1.87. The number of aryl methyl sites for hydroxylation is 1. The van der Waals surface area contributed by atoms with Gasteiger partial charge in [-0.05, 0) is 18.6 Å². The molecule has 0 aromatic carbocycles. The second-order valence-electron chi connectivity index (χ2n) is 2.67. The Bertz CT molecular complexity index is 325. The van der Waals surface area contributed by atoms with E-state index < -0.39 is 0 Å². The molecule has 0 saturated carbocycles. The normalized spacial score (nSPS) is 9.77. The fourth-order valence-electron chi connectivity index (χ4n) is 0.913. The standard InChI is InChI=1S/C9H10BrNO2/c1-6-3-8(10)7(5-11-6)4-9(12)13-2/h3,5H,4H2,1-2H3. The molecule has 1 heterocycles. The maximum Gasteiger partial charge on any atom is 0.310 e. The number of hydrogen-bond acceptors (Lipinski definition) is 3. The molecule has 0 aliphatic rings. The molecule has 0 spiro atoms. The fourth-order valence-corrected chi connectivity index (χ4v) is 1.49. The summed E-state index contributed by atoms with van der Waals surface area (Å²) >= 11 is 3.36. The van der Waals surface area contributed by atoms with Crippen LogP contribution in [0.25, 0.3) is 0 Å². The molecule has 13 heavy (non-hydrogen) atoms. The van der Waals surface area contributed by atoms with E-state index in [-0.39, 0.29) is 12.4 Å². The van der Waals surface area contributed by atoms with E-state index in [1.807, 2.05) is 13.0 Å². The molecule has 1 rings (SSSR count). The summed E-state index contributed by atoms with van der Waals surface area (Å²) in [6.07, 6.45) is 1.93. The first kappa shape index (κ1) is 10.2. The van der Waals surface area contributed by atoms with Crippen LogP contribution >= 0.6 is 15.9 Å². The van der Waals surface area contributed by atoms with E-state index in [0.717, 1.165) is 15.7 Å². The highest BCUT2D eigenvalue weighted by atomic mass is 79.9. The van der Waals surface area contributed by atoms with E-state index >= 15 is 0 Å². The molecule has 0 atom stereocenters. The van der Waals surface area contributed by atoms with Gasteiger partial charge in [-0.2, -0.15) is 0 Å².